The van der Waals surface area contributed by atoms with Gasteiger partial charge in [0.1, 0.15) is 0 Å². The number of urea groups is 1. The Kier molecular flexibility index (Phi) is 2.89. The van der Waals surface area contributed by atoms with Gasteiger partial charge < -0.3 is 16.4 Å². The average molecular weight is 239 g/mol. The molecule has 0 aromatic rings. The van der Waals surface area contributed by atoms with Crippen molar-refractivity contribution < 1.29 is 4.79 Å². The summed E-state index contributed by atoms with van der Waals surface area (Å²) in [5.74, 6) is 0. The topological polar surface area (TPSA) is 67.1 Å². The summed E-state index contributed by atoms with van der Waals surface area (Å²) in [6.07, 6.45) is 3.46. The molecular weight excluding hydrogens is 214 g/mol. The van der Waals surface area contributed by atoms with Crippen LogP contribution >= 0.6 is 0 Å². The van der Waals surface area contributed by atoms with Crippen LogP contribution in [0.25, 0.3) is 0 Å². The minimum atomic E-state index is -0.0345. The van der Waals surface area contributed by atoms with Gasteiger partial charge in [-0.3, -0.25) is 0 Å². The molecule has 0 aliphatic heterocycles. The van der Waals surface area contributed by atoms with Crippen molar-refractivity contribution in [1.29, 1.82) is 0 Å². The van der Waals surface area contributed by atoms with Crippen molar-refractivity contribution in [2.24, 2.45) is 16.6 Å². The van der Waals surface area contributed by atoms with Gasteiger partial charge >= 0.3 is 6.03 Å². The van der Waals surface area contributed by atoms with Crippen molar-refractivity contribution in [2.75, 3.05) is 0 Å². The maximum Gasteiger partial charge on any atom is 0.315 e. The predicted molar refractivity (Wildman–Crippen MR) is 68.6 cm³/mol. The number of nitrogens with two attached hydrogens (primary N) is 1. The summed E-state index contributed by atoms with van der Waals surface area (Å²) < 4.78 is 0. The van der Waals surface area contributed by atoms with Crippen LogP contribution in [0.15, 0.2) is 0 Å². The number of hydrogen-bond donors (Lipinski definition) is 3. The summed E-state index contributed by atoms with van der Waals surface area (Å²) in [7, 11) is 0. The van der Waals surface area contributed by atoms with Crippen LogP contribution in [0, 0.1) is 10.8 Å². The molecule has 0 heterocycles. The molecule has 0 radical (unpaired) electrons. The summed E-state index contributed by atoms with van der Waals surface area (Å²) in [4.78, 5) is 11.9. The Morgan fingerprint density at radius 3 is 2.06 bits per heavy atom. The molecule has 2 aliphatic carbocycles. The fourth-order valence-electron chi connectivity index (χ4n) is 3.46. The van der Waals surface area contributed by atoms with Crippen molar-refractivity contribution in [3.63, 3.8) is 0 Å². The van der Waals surface area contributed by atoms with Gasteiger partial charge in [0.15, 0.2) is 0 Å². The van der Waals surface area contributed by atoms with Crippen LogP contribution < -0.4 is 16.4 Å². The van der Waals surface area contributed by atoms with E-state index in [0.717, 1.165) is 12.8 Å². The highest BCUT2D eigenvalue weighted by Gasteiger charge is 2.60. The molecule has 2 aliphatic rings. The Balaban J connectivity index is 1.91. The molecule has 4 heteroatoms. The van der Waals surface area contributed by atoms with E-state index >= 15 is 0 Å². The highest BCUT2D eigenvalue weighted by atomic mass is 16.2. The lowest BCUT2D eigenvalue weighted by Gasteiger charge is -2.62. The highest BCUT2D eigenvalue weighted by molar-refractivity contribution is 5.75. The number of carbonyl (C=O) groups excluding carboxylic acids is 1. The predicted octanol–water partition coefficient (Wildman–Crippen LogP) is 1.60. The molecule has 0 aromatic carbocycles. The molecule has 0 unspecified atom stereocenters. The zero-order valence-corrected chi connectivity index (χ0v) is 11.3. The van der Waals surface area contributed by atoms with Crippen molar-refractivity contribution in [1.82, 2.24) is 10.6 Å². The van der Waals surface area contributed by atoms with Crippen LogP contribution in [0.5, 0.6) is 0 Å². The van der Waals surface area contributed by atoms with Crippen LogP contribution in [-0.2, 0) is 0 Å². The minimum Gasteiger partial charge on any atom is -0.335 e. The fraction of sp³-hybridized carbons (Fsp3) is 0.923. The molecule has 2 saturated carbocycles. The van der Waals surface area contributed by atoms with Gasteiger partial charge in [-0.25, -0.2) is 4.79 Å². The maximum absolute atomic E-state index is 11.9. The number of hydrogen-bond acceptors (Lipinski definition) is 2. The van der Waals surface area contributed by atoms with E-state index in [9.17, 15) is 4.79 Å². The third kappa shape index (κ3) is 1.92. The first-order valence-corrected chi connectivity index (χ1v) is 6.59. The van der Waals surface area contributed by atoms with E-state index in [1.807, 2.05) is 0 Å². The van der Waals surface area contributed by atoms with Crippen LogP contribution in [0.4, 0.5) is 4.79 Å². The number of carbonyl (C=O) groups is 1. The second-order valence-corrected chi connectivity index (χ2v) is 6.80. The van der Waals surface area contributed by atoms with E-state index in [1.54, 1.807) is 0 Å². The van der Waals surface area contributed by atoms with Crippen molar-refractivity contribution in [3.8, 4) is 0 Å². The fourth-order valence-corrected chi connectivity index (χ4v) is 3.46. The molecule has 4 N–H and O–H groups in total. The molecule has 0 aromatic heterocycles. The van der Waals surface area contributed by atoms with E-state index in [4.69, 9.17) is 5.73 Å². The van der Waals surface area contributed by atoms with Crippen LogP contribution in [-0.4, -0.2) is 24.2 Å². The monoisotopic (exact) mass is 239 g/mol. The standard InChI is InChI=1S/C13H25N3O/c1-12(2)9(14)13(3,4)10(12)16-11(17)15-8-6-5-7-8/h8-10H,5-7,14H2,1-4H3,(H2,15,16,17). The Bertz CT molecular complexity index is 305. The molecular formula is C13H25N3O. The maximum atomic E-state index is 11.9. The molecule has 0 saturated heterocycles. The lowest BCUT2D eigenvalue weighted by molar-refractivity contribution is -0.0647. The Morgan fingerprint density at radius 2 is 1.65 bits per heavy atom. The van der Waals surface area contributed by atoms with E-state index in [-0.39, 0.29) is 28.9 Å². The van der Waals surface area contributed by atoms with Crippen LogP contribution in [0.3, 0.4) is 0 Å². The first-order chi connectivity index (χ1) is 7.76. The zero-order chi connectivity index (χ0) is 12.8. The Morgan fingerprint density at radius 1 is 1.12 bits per heavy atom. The van der Waals surface area contributed by atoms with E-state index in [1.165, 1.54) is 6.42 Å². The van der Waals surface area contributed by atoms with Gasteiger partial charge in [-0.2, -0.15) is 0 Å². The molecule has 98 valence electrons. The quantitative estimate of drug-likeness (QED) is 0.685. The molecule has 17 heavy (non-hydrogen) atoms. The van der Waals surface area contributed by atoms with Gasteiger partial charge in [-0.15, -0.1) is 0 Å². The van der Waals surface area contributed by atoms with E-state index < -0.39 is 0 Å². The van der Waals surface area contributed by atoms with Crippen LogP contribution in [0.1, 0.15) is 47.0 Å². The minimum absolute atomic E-state index is 0.0273. The molecule has 0 atom stereocenters. The number of rotatable bonds is 2. The van der Waals surface area contributed by atoms with Gasteiger partial charge in [0.25, 0.3) is 0 Å². The molecule has 0 spiro atoms. The normalized spacial score (nSPS) is 34.4. The highest BCUT2D eigenvalue weighted by Crippen LogP contribution is 2.52. The summed E-state index contributed by atoms with van der Waals surface area (Å²) in [6.45, 7) is 8.49. The van der Waals surface area contributed by atoms with Crippen molar-refractivity contribution in [2.45, 2.75) is 65.1 Å². The molecule has 2 rings (SSSR count). The first kappa shape index (κ1) is 12.7. The summed E-state index contributed by atoms with van der Waals surface area (Å²) in [5, 5.41) is 6.11. The van der Waals surface area contributed by atoms with Crippen LogP contribution in [0.2, 0.25) is 0 Å². The van der Waals surface area contributed by atoms with Crippen molar-refractivity contribution in [3.05, 3.63) is 0 Å². The Labute approximate surface area is 104 Å². The largest absolute Gasteiger partial charge is 0.335 e. The lowest BCUT2D eigenvalue weighted by atomic mass is 9.48. The van der Waals surface area contributed by atoms with Gasteiger partial charge in [-0.1, -0.05) is 27.7 Å². The second-order valence-electron chi connectivity index (χ2n) is 6.80. The van der Waals surface area contributed by atoms with Gasteiger partial charge in [0.2, 0.25) is 0 Å². The molecule has 0 bridgehead atoms. The molecule has 4 nitrogen and oxygen atoms in total. The summed E-state index contributed by atoms with van der Waals surface area (Å²) in [5.41, 5.74) is 6.11. The average Bonchev–Trinajstić information content (AvgIpc) is 2.18. The number of amides is 2. The second kappa shape index (κ2) is 3.87. The van der Waals surface area contributed by atoms with Gasteiger partial charge in [-0.05, 0) is 19.3 Å². The summed E-state index contributed by atoms with van der Waals surface area (Å²) >= 11 is 0. The lowest BCUT2D eigenvalue weighted by Crippen LogP contribution is -2.76. The SMILES string of the molecule is CC1(C)C(N)C(C)(C)C1NC(=O)NC1CCC1. The number of nitrogens with one attached hydrogen (secondary N) is 2. The third-order valence-corrected chi connectivity index (χ3v) is 4.81. The smallest absolute Gasteiger partial charge is 0.315 e. The molecule has 2 amide bonds. The van der Waals surface area contributed by atoms with E-state index in [0.29, 0.717) is 6.04 Å². The molecule has 2 fully saturated rings. The first-order valence-electron chi connectivity index (χ1n) is 6.59. The third-order valence-electron chi connectivity index (χ3n) is 4.81. The van der Waals surface area contributed by atoms with Gasteiger partial charge in [0, 0.05) is 29.0 Å². The summed E-state index contributed by atoms with van der Waals surface area (Å²) in [6, 6.07) is 0.622. The van der Waals surface area contributed by atoms with E-state index in [2.05, 4.69) is 38.3 Å². The Hall–Kier alpha value is -0.770. The van der Waals surface area contributed by atoms with Crippen molar-refractivity contribution >= 4 is 6.03 Å². The van der Waals surface area contributed by atoms with Gasteiger partial charge in [0.05, 0.1) is 0 Å². The zero-order valence-electron chi connectivity index (χ0n) is 11.3.